The smallest absolute Gasteiger partial charge is 0.232 e. The minimum Gasteiger partial charge on any atom is -0.396 e. The third kappa shape index (κ3) is 7.94. The average Bonchev–Trinajstić information content (AvgIpc) is 2.38. The standard InChI is InChI=1S/C12H19N3O2S/c1-11(8-16)9-18-10-12(17)15(6-2-4-13)7-3-5-14/h11,16H,2-3,6-10H2,1H3. The van der Waals surface area contributed by atoms with Gasteiger partial charge in [0.05, 0.1) is 30.7 Å². The van der Waals surface area contributed by atoms with Gasteiger partial charge in [0.1, 0.15) is 0 Å². The summed E-state index contributed by atoms with van der Waals surface area (Å²) in [5.41, 5.74) is 0. The Morgan fingerprint density at radius 1 is 1.33 bits per heavy atom. The summed E-state index contributed by atoms with van der Waals surface area (Å²) in [6.45, 7) is 2.80. The molecule has 0 aromatic heterocycles. The zero-order valence-corrected chi connectivity index (χ0v) is 11.4. The first kappa shape index (κ1) is 16.8. The highest BCUT2D eigenvalue weighted by molar-refractivity contribution is 7.99. The lowest BCUT2D eigenvalue weighted by molar-refractivity contribution is -0.128. The number of thioether (sulfide) groups is 1. The van der Waals surface area contributed by atoms with Gasteiger partial charge >= 0.3 is 0 Å². The zero-order valence-electron chi connectivity index (χ0n) is 10.6. The Hall–Kier alpha value is -1.24. The van der Waals surface area contributed by atoms with Crippen molar-refractivity contribution < 1.29 is 9.90 Å². The van der Waals surface area contributed by atoms with Crippen molar-refractivity contribution in [3.05, 3.63) is 0 Å². The fourth-order valence-electron chi connectivity index (χ4n) is 1.22. The predicted octanol–water partition coefficient (Wildman–Crippen LogP) is 1.00. The minimum atomic E-state index is -0.0457. The van der Waals surface area contributed by atoms with Crippen molar-refractivity contribution in [3.8, 4) is 12.1 Å². The van der Waals surface area contributed by atoms with Gasteiger partial charge in [0.2, 0.25) is 5.91 Å². The Morgan fingerprint density at radius 2 is 1.89 bits per heavy atom. The molecular weight excluding hydrogens is 250 g/mol. The molecule has 0 aliphatic carbocycles. The topological polar surface area (TPSA) is 88.1 Å². The molecule has 100 valence electrons. The van der Waals surface area contributed by atoms with Crippen LogP contribution in [0.2, 0.25) is 0 Å². The fraction of sp³-hybridized carbons (Fsp3) is 0.750. The Kier molecular flexibility index (Phi) is 10.1. The molecule has 0 saturated heterocycles. The Balaban J connectivity index is 4.04. The number of nitrogens with zero attached hydrogens (tertiary/aromatic N) is 3. The molecule has 5 nitrogen and oxygen atoms in total. The van der Waals surface area contributed by atoms with Crippen molar-refractivity contribution in [1.29, 1.82) is 10.5 Å². The van der Waals surface area contributed by atoms with E-state index in [-0.39, 0.29) is 31.3 Å². The summed E-state index contributed by atoms with van der Waals surface area (Å²) in [6.07, 6.45) is 0.573. The van der Waals surface area contributed by atoms with E-state index in [9.17, 15) is 4.79 Å². The van der Waals surface area contributed by atoms with Gasteiger partial charge in [-0.1, -0.05) is 6.92 Å². The van der Waals surface area contributed by atoms with E-state index in [1.807, 2.05) is 19.1 Å². The highest BCUT2D eigenvalue weighted by atomic mass is 32.2. The lowest BCUT2D eigenvalue weighted by Gasteiger charge is -2.20. The van der Waals surface area contributed by atoms with Crippen LogP contribution >= 0.6 is 11.8 Å². The van der Waals surface area contributed by atoms with Crippen molar-refractivity contribution in [3.63, 3.8) is 0 Å². The van der Waals surface area contributed by atoms with Crippen LogP contribution in [0.4, 0.5) is 0 Å². The third-order valence-corrected chi connectivity index (χ3v) is 3.54. The third-order valence-electron chi connectivity index (χ3n) is 2.28. The second-order valence-corrected chi connectivity index (χ2v) is 5.03. The summed E-state index contributed by atoms with van der Waals surface area (Å²) in [4.78, 5) is 13.4. The van der Waals surface area contributed by atoms with Crippen LogP contribution in [-0.2, 0) is 4.79 Å². The maximum Gasteiger partial charge on any atom is 0.232 e. The van der Waals surface area contributed by atoms with Crippen LogP contribution in [-0.4, -0.2) is 47.1 Å². The maximum absolute atomic E-state index is 11.8. The van der Waals surface area contributed by atoms with E-state index in [1.54, 1.807) is 4.90 Å². The Bertz CT molecular complexity index is 304. The van der Waals surface area contributed by atoms with Gasteiger partial charge in [-0.3, -0.25) is 4.79 Å². The van der Waals surface area contributed by atoms with Crippen LogP contribution in [0.15, 0.2) is 0 Å². The molecule has 0 rings (SSSR count). The lowest BCUT2D eigenvalue weighted by Crippen LogP contribution is -2.34. The van der Waals surface area contributed by atoms with Gasteiger partial charge in [-0.25, -0.2) is 0 Å². The van der Waals surface area contributed by atoms with Crippen molar-refractivity contribution >= 4 is 17.7 Å². The number of carbonyl (C=O) groups excluding carboxylic acids is 1. The van der Waals surface area contributed by atoms with Gasteiger partial charge in [0.15, 0.2) is 0 Å². The molecule has 0 aromatic rings. The van der Waals surface area contributed by atoms with Crippen molar-refractivity contribution in [2.75, 3.05) is 31.2 Å². The predicted molar refractivity (Wildman–Crippen MR) is 70.6 cm³/mol. The first-order chi connectivity index (χ1) is 8.65. The molecule has 0 heterocycles. The summed E-state index contributed by atoms with van der Waals surface area (Å²) < 4.78 is 0. The Labute approximate surface area is 112 Å². The normalized spacial score (nSPS) is 11.3. The molecule has 0 aromatic carbocycles. The summed E-state index contributed by atoms with van der Waals surface area (Å²) in [5, 5.41) is 25.9. The number of rotatable bonds is 9. The Morgan fingerprint density at radius 3 is 2.33 bits per heavy atom. The molecule has 0 radical (unpaired) electrons. The van der Waals surface area contributed by atoms with Crippen LogP contribution in [0, 0.1) is 28.6 Å². The number of aliphatic hydroxyl groups is 1. The van der Waals surface area contributed by atoms with Crippen LogP contribution in [0.3, 0.4) is 0 Å². The molecule has 1 atom stereocenters. The second kappa shape index (κ2) is 10.9. The van der Waals surface area contributed by atoms with Crippen LogP contribution in [0.5, 0.6) is 0 Å². The summed E-state index contributed by atoms with van der Waals surface area (Å²) in [6, 6.07) is 3.99. The zero-order chi connectivity index (χ0) is 13.8. The lowest BCUT2D eigenvalue weighted by atomic mass is 10.2. The van der Waals surface area contributed by atoms with E-state index in [1.165, 1.54) is 11.8 Å². The summed E-state index contributed by atoms with van der Waals surface area (Å²) in [5.74, 6) is 1.19. The van der Waals surface area contributed by atoms with Crippen molar-refractivity contribution in [2.24, 2.45) is 5.92 Å². The number of carbonyl (C=O) groups is 1. The highest BCUT2D eigenvalue weighted by Crippen LogP contribution is 2.09. The van der Waals surface area contributed by atoms with Gasteiger partial charge in [-0.15, -0.1) is 0 Å². The molecule has 1 unspecified atom stereocenters. The van der Waals surface area contributed by atoms with Gasteiger partial charge in [0, 0.05) is 19.7 Å². The van der Waals surface area contributed by atoms with Gasteiger partial charge in [-0.05, 0) is 11.7 Å². The van der Waals surface area contributed by atoms with Crippen molar-refractivity contribution in [1.82, 2.24) is 4.90 Å². The molecule has 18 heavy (non-hydrogen) atoms. The molecule has 0 saturated carbocycles. The molecule has 0 aliphatic rings. The van der Waals surface area contributed by atoms with Gasteiger partial charge < -0.3 is 10.0 Å². The number of nitriles is 2. The van der Waals surface area contributed by atoms with E-state index >= 15 is 0 Å². The van der Waals surface area contributed by atoms with E-state index < -0.39 is 0 Å². The highest BCUT2D eigenvalue weighted by Gasteiger charge is 2.13. The molecule has 0 aliphatic heterocycles. The molecule has 1 N–H and O–H groups in total. The van der Waals surface area contributed by atoms with Crippen molar-refractivity contribution in [2.45, 2.75) is 19.8 Å². The number of amides is 1. The molecule has 1 amide bonds. The van der Waals surface area contributed by atoms with Crippen LogP contribution in [0.1, 0.15) is 19.8 Å². The average molecular weight is 269 g/mol. The number of hydrogen-bond acceptors (Lipinski definition) is 5. The molecule has 0 spiro atoms. The number of aliphatic hydroxyl groups excluding tert-OH is 1. The van der Waals surface area contributed by atoms with E-state index in [0.29, 0.717) is 18.8 Å². The SMILES string of the molecule is CC(CO)CSCC(=O)N(CCC#N)CCC#N. The van der Waals surface area contributed by atoms with E-state index in [4.69, 9.17) is 15.6 Å². The largest absolute Gasteiger partial charge is 0.396 e. The maximum atomic E-state index is 11.8. The molecule has 0 fully saturated rings. The monoisotopic (exact) mass is 269 g/mol. The molecular formula is C12H19N3O2S. The fourth-order valence-corrected chi connectivity index (χ4v) is 2.21. The quantitative estimate of drug-likeness (QED) is 0.674. The van der Waals surface area contributed by atoms with Gasteiger partial charge in [0.25, 0.3) is 0 Å². The van der Waals surface area contributed by atoms with E-state index in [0.717, 1.165) is 5.75 Å². The van der Waals surface area contributed by atoms with Gasteiger partial charge in [-0.2, -0.15) is 22.3 Å². The van der Waals surface area contributed by atoms with Crippen LogP contribution < -0.4 is 0 Å². The first-order valence-corrected chi connectivity index (χ1v) is 7.01. The second-order valence-electron chi connectivity index (χ2n) is 4.00. The number of hydrogen-bond donors (Lipinski definition) is 1. The van der Waals surface area contributed by atoms with E-state index in [2.05, 4.69) is 0 Å². The summed E-state index contributed by atoms with van der Waals surface area (Å²) in [7, 11) is 0. The molecule has 6 heteroatoms. The molecule has 0 bridgehead atoms. The summed E-state index contributed by atoms with van der Waals surface area (Å²) >= 11 is 1.47. The first-order valence-electron chi connectivity index (χ1n) is 5.86. The van der Waals surface area contributed by atoms with Crippen LogP contribution in [0.25, 0.3) is 0 Å². The minimum absolute atomic E-state index is 0.0457.